The van der Waals surface area contributed by atoms with Crippen LogP contribution in [0.5, 0.6) is 0 Å². The molecule has 2 heterocycles. The van der Waals surface area contributed by atoms with Crippen molar-refractivity contribution in [2.75, 3.05) is 19.7 Å². The van der Waals surface area contributed by atoms with Crippen molar-refractivity contribution in [2.45, 2.75) is 17.1 Å². The lowest BCUT2D eigenvalue weighted by atomic mass is 10.1. The van der Waals surface area contributed by atoms with E-state index in [0.29, 0.717) is 28.3 Å². The lowest BCUT2D eigenvalue weighted by molar-refractivity contribution is 0.260. The first kappa shape index (κ1) is 14.7. The smallest absolute Gasteiger partial charge is 0.252 e. The van der Waals surface area contributed by atoms with Crippen LogP contribution in [0.1, 0.15) is 12.8 Å². The molecule has 0 aliphatic carbocycles. The zero-order valence-corrected chi connectivity index (χ0v) is 13.4. The Kier molecular flexibility index (Phi) is 4.72. The average Bonchev–Trinajstić information content (AvgIpc) is 2.88. The van der Waals surface area contributed by atoms with Crippen LogP contribution < -0.4 is 0 Å². The SMILES string of the molecule is O=S(=O)(c1cc(Cl)c(Br)s1)N1CCC(CCO)C1. The molecular weight excluding hydrogens is 362 g/mol. The van der Waals surface area contributed by atoms with Crippen molar-refractivity contribution >= 4 is 48.9 Å². The zero-order valence-electron chi connectivity index (χ0n) is 9.47. The van der Waals surface area contributed by atoms with Crippen LogP contribution in [0.15, 0.2) is 14.1 Å². The van der Waals surface area contributed by atoms with Crippen LogP contribution in [0.3, 0.4) is 0 Å². The van der Waals surface area contributed by atoms with Crippen LogP contribution in [-0.2, 0) is 10.0 Å². The molecule has 0 spiro atoms. The number of aliphatic hydroxyl groups is 1. The average molecular weight is 375 g/mol. The number of halogens is 2. The van der Waals surface area contributed by atoms with E-state index >= 15 is 0 Å². The van der Waals surface area contributed by atoms with Crippen molar-refractivity contribution in [1.29, 1.82) is 0 Å². The number of thiophene rings is 1. The molecule has 1 aromatic heterocycles. The van der Waals surface area contributed by atoms with Crippen LogP contribution >= 0.6 is 38.9 Å². The van der Waals surface area contributed by atoms with Crippen LogP contribution in [0.2, 0.25) is 5.02 Å². The van der Waals surface area contributed by atoms with E-state index in [1.165, 1.54) is 10.4 Å². The number of hydrogen-bond acceptors (Lipinski definition) is 4. The molecule has 1 aliphatic rings. The Balaban J connectivity index is 2.17. The van der Waals surface area contributed by atoms with Crippen LogP contribution in [-0.4, -0.2) is 37.5 Å². The summed E-state index contributed by atoms with van der Waals surface area (Å²) in [6.45, 7) is 1.10. The molecule has 0 aromatic carbocycles. The summed E-state index contributed by atoms with van der Waals surface area (Å²) in [5.74, 6) is 0.253. The molecule has 0 bridgehead atoms. The zero-order chi connectivity index (χ0) is 13.3. The number of hydrogen-bond donors (Lipinski definition) is 1. The van der Waals surface area contributed by atoms with Gasteiger partial charge in [0, 0.05) is 19.7 Å². The van der Waals surface area contributed by atoms with Gasteiger partial charge in [-0.05, 0) is 40.8 Å². The minimum atomic E-state index is -3.44. The Morgan fingerprint density at radius 1 is 1.61 bits per heavy atom. The van der Waals surface area contributed by atoms with Gasteiger partial charge >= 0.3 is 0 Å². The predicted octanol–water partition coefficient (Wildman–Crippen LogP) is 2.56. The van der Waals surface area contributed by atoms with E-state index in [1.807, 2.05) is 0 Å². The predicted molar refractivity (Wildman–Crippen MR) is 75.6 cm³/mol. The highest BCUT2D eigenvalue weighted by molar-refractivity contribution is 9.11. The number of rotatable bonds is 4. The molecule has 1 atom stereocenters. The van der Waals surface area contributed by atoms with Crippen molar-refractivity contribution in [3.63, 3.8) is 0 Å². The first-order valence-corrected chi connectivity index (χ1v) is 8.93. The molecule has 1 aliphatic heterocycles. The minimum Gasteiger partial charge on any atom is -0.396 e. The van der Waals surface area contributed by atoms with Gasteiger partial charge in [-0.1, -0.05) is 11.6 Å². The summed E-state index contributed by atoms with van der Waals surface area (Å²) >= 11 is 10.2. The van der Waals surface area contributed by atoms with E-state index in [0.717, 1.165) is 17.8 Å². The Morgan fingerprint density at radius 3 is 2.89 bits per heavy atom. The van der Waals surface area contributed by atoms with Gasteiger partial charge in [0.05, 0.1) is 8.81 Å². The molecule has 2 rings (SSSR count). The lowest BCUT2D eigenvalue weighted by Gasteiger charge is -2.14. The summed E-state index contributed by atoms with van der Waals surface area (Å²) in [7, 11) is -3.44. The standard InChI is InChI=1S/C10H13BrClNO3S2/c11-10-8(12)5-9(17-10)18(15,16)13-3-1-7(6-13)2-4-14/h5,7,14H,1-4,6H2. The highest BCUT2D eigenvalue weighted by atomic mass is 79.9. The topological polar surface area (TPSA) is 57.6 Å². The second-order valence-electron chi connectivity index (χ2n) is 4.22. The maximum Gasteiger partial charge on any atom is 0.252 e. The molecule has 1 unspecified atom stereocenters. The Hall–Kier alpha value is 0.340. The number of sulfonamides is 1. The Labute approximate surface area is 124 Å². The molecule has 0 amide bonds. The van der Waals surface area contributed by atoms with E-state index in [-0.39, 0.29) is 16.7 Å². The van der Waals surface area contributed by atoms with Crippen molar-refractivity contribution in [3.05, 3.63) is 14.9 Å². The van der Waals surface area contributed by atoms with E-state index in [2.05, 4.69) is 15.9 Å². The largest absolute Gasteiger partial charge is 0.396 e. The van der Waals surface area contributed by atoms with E-state index in [9.17, 15) is 8.42 Å². The fraction of sp³-hybridized carbons (Fsp3) is 0.600. The Bertz CT molecular complexity index is 512. The van der Waals surface area contributed by atoms with Crippen molar-refractivity contribution in [2.24, 2.45) is 5.92 Å². The maximum absolute atomic E-state index is 12.3. The van der Waals surface area contributed by atoms with E-state index in [4.69, 9.17) is 16.7 Å². The van der Waals surface area contributed by atoms with E-state index in [1.54, 1.807) is 0 Å². The van der Waals surface area contributed by atoms with Crippen molar-refractivity contribution in [3.8, 4) is 0 Å². The summed E-state index contributed by atoms with van der Waals surface area (Å²) in [5.41, 5.74) is 0. The van der Waals surface area contributed by atoms with Crippen LogP contribution in [0.25, 0.3) is 0 Å². The van der Waals surface area contributed by atoms with Gasteiger partial charge in [-0.3, -0.25) is 0 Å². The second-order valence-corrected chi connectivity index (χ2v) is 9.16. The van der Waals surface area contributed by atoms with Crippen LogP contribution in [0.4, 0.5) is 0 Å². The van der Waals surface area contributed by atoms with Gasteiger partial charge in [-0.25, -0.2) is 8.42 Å². The first-order chi connectivity index (χ1) is 8.45. The fourth-order valence-corrected chi connectivity index (χ4v) is 6.10. The van der Waals surface area contributed by atoms with Gasteiger partial charge < -0.3 is 5.11 Å². The molecule has 102 valence electrons. The molecule has 4 nitrogen and oxygen atoms in total. The molecule has 1 aromatic rings. The van der Waals surface area contributed by atoms with Gasteiger partial charge in [0.1, 0.15) is 4.21 Å². The van der Waals surface area contributed by atoms with Gasteiger partial charge in [0.2, 0.25) is 0 Å². The third-order valence-electron chi connectivity index (χ3n) is 3.00. The molecule has 1 fully saturated rings. The van der Waals surface area contributed by atoms with E-state index < -0.39 is 10.0 Å². The normalized spacial score (nSPS) is 21.6. The molecule has 8 heteroatoms. The Morgan fingerprint density at radius 2 is 2.33 bits per heavy atom. The summed E-state index contributed by atoms with van der Waals surface area (Å²) in [6, 6.07) is 1.48. The minimum absolute atomic E-state index is 0.106. The molecule has 1 N–H and O–H groups in total. The summed E-state index contributed by atoms with van der Waals surface area (Å²) in [4.78, 5) is 0. The summed E-state index contributed by atoms with van der Waals surface area (Å²) in [6.07, 6.45) is 1.46. The highest BCUT2D eigenvalue weighted by Gasteiger charge is 2.33. The molecular formula is C10H13BrClNO3S2. The monoisotopic (exact) mass is 373 g/mol. The van der Waals surface area contributed by atoms with Gasteiger partial charge in [-0.2, -0.15) is 4.31 Å². The van der Waals surface area contributed by atoms with Gasteiger partial charge in [0.25, 0.3) is 10.0 Å². The molecule has 1 saturated heterocycles. The summed E-state index contributed by atoms with van der Waals surface area (Å²) < 4.78 is 27.1. The molecule has 0 saturated carbocycles. The van der Waals surface area contributed by atoms with Crippen LogP contribution in [0, 0.1) is 5.92 Å². The summed E-state index contributed by atoms with van der Waals surface area (Å²) in [5, 5.41) is 9.30. The lowest BCUT2D eigenvalue weighted by Crippen LogP contribution is -2.28. The first-order valence-electron chi connectivity index (χ1n) is 5.51. The number of aliphatic hydroxyl groups excluding tert-OH is 1. The third-order valence-corrected chi connectivity index (χ3v) is 7.79. The van der Waals surface area contributed by atoms with Gasteiger partial charge in [-0.15, -0.1) is 11.3 Å². The third kappa shape index (κ3) is 2.91. The fourth-order valence-electron chi connectivity index (χ4n) is 2.01. The quantitative estimate of drug-likeness (QED) is 0.881. The highest BCUT2D eigenvalue weighted by Crippen LogP contribution is 2.37. The maximum atomic E-state index is 12.3. The van der Waals surface area contributed by atoms with Crippen molar-refractivity contribution in [1.82, 2.24) is 4.31 Å². The van der Waals surface area contributed by atoms with Crippen molar-refractivity contribution < 1.29 is 13.5 Å². The van der Waals surface area contributed by atoms with Gasteiger partial charge in [0.15, 0.2) is 0 Å². The molecule has 18 heavy (non-hydrogen) atoms. The molecule has 0 radical (unpaired) electrons. The number of nitrogens with zero attached hydrogens (tertiary/aromatic N) is 1. The second kappa shape index (κ2) is 5.76.